The minimum Gasteiger partial charge on any atom is -0.497 e. The zero-order chi connectivity index (χ0) is 24.5. The number of hydrogen-bond acceptors (Lipinski definition) is 5. The number of carbonyl (C=O) groups is 1. The normalized spacial score (nSPS) is 14.6. The Morgan fingerprint density at radius 3 is 2.69 bits per heavy atom. The summed E-state index contributed by atoms with van der Waals surface area (Å²) in [6.45, 7) is 7.65. The first kappa shape index (κ1) is 23.5. The fourth-order valence-corrected chi connectivity index (χ4v) is 5.81. The number of carbonyl (C=O) groups excluding carboxylic acids is 1. The SMILES string of the molecule is COc1ccc2[nH]cc(C3CCN(C(=O)CSc4nnc(C)n4-c4cc(C)ccc4C)CC3)c2c1. The number of amides is 1. The number of aromatic nitrogens is 4. The number of ether oxygens (including phenoxy) is 1. The van der Waals surface area contributed by atoms with Crippen molar-refractivity contribution in [3.05, 3.63) is 65.1 Å². The molecule has 7 nitrogen and oxygen atoms in total. The number of piperidine rings is 1. The van der Waals surface area contributed by atoms with Crippen LogP contribution >= 0.6 is 11.8 Å². The number of H-pyrrole nitrogens is 1. The number of aromatic amines is 1. The van der Waals surface area contributed by atoms with Gasteiger partial charge in [0, 0.05) is 30.2 Å². The number of likely N-dealkylation sites (tertiary alicyclic amines) is 1. The highest BCUT2D eigenvalue weighted by Crippen LogP contribution is 2.35. The Hall–Kier alpha value is -3.26. The van der Waals surface area contributed by atoms with Gasteiger partial charge in [0.1, 0.15) is 11.6 Å². The Balaban J connectivity index is 1.23. The lowest BCUT2D eigenvalue weighted by atomic mass is 9.89. The number of nitrogens with one attached hydrogen (secondary N) is 1. The predicted molar refractivity (Wildman–Crippen MR) is 140 cm³/mol. The van der Waals surface area contributed by atoms with Crippen molar-refractivity contribution >= 4 is 28.6 Å². The minimum atomic E-state index is 0.155. The van der Waals surface area contributed by atoms with E-state index < -0.39 is 0 Å². The lowest BCUT2D eigenvalue weighted by molar-refractivity contribution is -0.129. The highest BCUT2D eigenvalue weighted by Gasteiger charge is 2.26. The summed E-state index contributed by atoms with van der Waals surface area (Å²) in [5.74, 6) is 2.64. The van der Waals surface area contributed by atoms with Crippen LogP contribution in [0.2, 0.25) is 0 Å². The molecule has 2 aromatic heterocycles. The fraction of sp³-hybridized carbons (Fsp3) is 0.370. The first-order valence-electron chi connectivity index (χ1n) is 12.0. The number of aryl methyl sites for hydroxylation is 3. The molecule has 8 heteroatoms. The van der Waals surface area contributed by atoms with E-state index in [4.69, 9.17) is 4.74 Å². The van der Waals surface area contributed by atoms with Crippen molar-refractivity contribution in [2.45, 2.75) is 44.7 Å². The zero-order valence-electron chi connectivity index (χ0n) is 20.7. The summed E-state index contributed by atoms with van der Waals surface area (Å²) >= 11 is 1.46. The van der Waals surface area contributed by atoms with E-state index in [1.807, 2.05) is 17.9 Å². The molecule has 4 aromatic rings. The number of fused-ring (bicyclic) bond motifs is 1. The molecular weight excluding hydrogens is 458 g/mol. The van der Waals surface area contributed by atoms with Crippen molar-refractivity contribution in [1.29, 1.82) is 0 Å². The van der Waals surface area contributed by atoms with Crippen LogP contribution in [0, 0.1) is 20.8 Å². The van der Waals surface area contributed by atoms with Crippen molar-refractivity contribution in [3.8, 4) is 11.4 Å². The molecule has 0 bridgehead atoms. The zero-order valence-corrected chi connectivity index (χ0v) is 21.5. The van der Waals surface area contributed by atoms with E-state index in [1.165, 1.54) is 28.3 Å². The van der Waals surface area contributed by atoms with Crippen LogP contribution in [0.25, 0.3) is 16.6 Å². The molecule has 1 N–H and O–H groups in total. The Morgan fingerprint density at radius 1 is 1.11 bits per heavy atom. The third-order valence-corrected chi connectivity index (χ3v) is 7.85. The van der Waals surface area contributed by atoms with E-state index in [0.717, 1.165) is 59.4 Å². The summed E-state index contributed by atoms with van der Waals surface area (Å²) in [6, 6.07) is 12.5. The van der Waals surface area contributed by atoms with Crippen molar-refractivity contribution in [2.75, 3.05) is 26.0 Å². The molecule has 1 amide bonds. The van der Waals surface area contributed by atoms with E-state index in [1.54, 1.807) is 7.11 Å². The summed E-state index contributed by atoms with van der Waals surface area (Å²) in [6.07, 6.45) is 4.03. The van der Waals surface area contributed by atoms with Crippen molar-refractivity contribution in [2.24, 2.45) is 0 Å². The molecule has 1 aliphatic heterocycles. The van der Waals surface area contributed by atoms with Crippen LogP contribution in [0.5, 0.6) is 5.75 Å². The van der Waals surface area contributed by atoms with Gasteiger partial charge in [0.05, 0.1) is 18.6 Å². The highest BCUT2D eigenvalue weighted by molar-refractivity contribution is 7.99. The van der Waals surface area contributed by atoms with Gasteiger partial charge in [-0.3, -0.25) is 9.36 Å². The van der Waals surface area contributed by atoms with E-state index in [9.17, 15) is 4.79 Å². The average molecular weight is 490 g/mol. The van der Waals surface area contributed by atoms with Crippen LogP contribution in [-0.2, 0) is 4.79 Å². The molecule has 5 rings (SSSR count). The average Bonchev–Trinajstić information content (AvgIpc) is 3.46. The lowest BCUT2D eigenvalue weighted by Crippen LogP contribution is -2.39. The van der Waals surface area contributed by atoms with Gasteiger partial charge in [-0.1, -0.05) is 23.9 Å². The van der Waals surface area contributed by atoms with Gasteiger partial charge in [-0.2, -0.15) is 0 Å². The molecular formula is C27H31N5O2S. The molecule has 0 aliphatic carbocycles. The largest absolute Gasteiger partial charge is 0.497 e. The maximum atomic E-state index is 13.1. The number of benzene rings is 2. The third-order valence-electron chi connectivity index (χ3n) is 6.93. The summed E-state index contributed by atoms with van der Waals surface area (Å²) in [5, 5.41) is 10.6. The quantitative estimate of drug-likeness (QED) is 0.378. The number of methoxy groups -OCH3 is 1. The van der Waals surface area contributed by atoms with Gasteiger partial charge in [-0.15, -0.1) is 10.2 Å². The van der Waals surface area contributed by atoms with Gasteiger partial charge >= 0.3 is 0 Å². The molecule has 0 unspecified atom stereocenters. The summed E-state index contributed by atoms with van der Waals surface area (Å²) < 4.78 is 7.47. The molecule has 1 saturated heterocycles. The molecule has 0 spiro atoms. The van der Waals surface area contributed by atoms with Crippen LogP contribution in [0.4, 0.5) is 0 Å². The molecule has 3 heterocycles. The molecule has 0 atom stereocenters. The van der Waals surface area contributed by atoms with Crippen LogP contribution < -0.4 is 4.74 Å². The van der Waals surface area contributed by atoms with Crippen molar-refractivity contribution < 1.29 is 9.53 Å². The number of hydrogen-bond donors (Lipinski definition) is 1. The molecule has 0 saturated carbocycles. The molecule has 2 aromatic carbocycles. The second kappa shape index (κ2) is 9.77. The second-order valence-electron chi connectivity index (χ2n) is 9.25. The minimum absolute atomic E-state index is 0.155. The van der Waals surface area contributed by atoms with Gasteiger partial charge in [0.2, 0.25) is 5.91 Å². The van der Waals surface area contributed by atoms with E-state index in [-0.39, 0.29) is 5.91 Å². The highest BCUT2D eigenvalue weighted by atomic mass is 32.2. The molecule has 1 aliphatic rings. The van der Waals surface area contributed by atoms with Gasteiger partial charge < -0.3 is 14.6 Å². The summed E-state index contributed by atoms with van der Waals surface area (Å²) in [4.78, 5) is 18.4. The maximum Gasteiger partial charge on any atom is 0.233 e. The Morgan fingerprint density at radius 2 is 1.91 bits per heavy atom. The molecule has 0 radical (unpaired) electrons. The Labute approximate surface area is 209 Å². The molecule has 1 fully saturated rings. The number of thioether (sulfide) groups is 1. The van der Waals surface area contributed by atoms with Gasteiger partial charge in [-0.25, -0.2) is 0 Å². The fourth-order valence-electron chi connectivity index (χ4n) is 4.92. The monoisotopic (exact) mass is 489 g/mol. The van der Waals surface area contributed by atoms with E-state index in [2.05, 4.69) is 70.1 Å². The maximum absolute atomic E-state index is 13.1. The topological polar surface area (TPSA) is 76.0 Å². The number of rotatable bonds is 6. The van der Waals surface area contributed by atoms with Crippen LogP contribution in [0.15, 0.2) is 47.8 Å². The van der Waals surface area contributed by atoms with Gasteiger partial charge in [-0.05, 0) is 80.5 Å². The number of nitrogens with zero attached hydrogens (tertiary/aromatic N) is 4. The first-order valence-corrected chi connectivity index (χ1v) is 13.0. The molecule has 182 valence electrons. The lowest BCUT2D eigenvalue weighted by Gasteiger charge is -2.32. The van der Waals surface area contributed by atoms with Gasteiger partial charge in [0.15, 0.2) is 5.16 Å². The second-order valence-corrected chi connectivity index (χ2v) is 10.2. The van der Waals surface area contributed by atoms with E-state index in [0.29, 0.717) is 11.7 Å². The first-order chi connectivity index (χ1) is 16.9. The Kier molecular flexibility index (Phi) is 6.56. The van der Waals surface area contributed by atoms with Crippen LogP contribution in [0.3, 0.4) is 0 Å². The van der Waals surface area contributed by atoms with Gasteiger partial charge in [0.25, 0.3) is 0 Å². The van der Waals surface area contributed by atoms with Crippen LogP contribution in [0.1, 0.15) is 41.3 Å². The Bertz CT molecular complexity index is 1370. The predicted octanol–water partition coefficient (Wildman–Crippen LogP) is 5.18. The summed E-state index contributed by atoms with van der Waals surface area (Å²) in [5.41, 5.74) is 5.85. The van der Waals surface area contributed by atoms with Crippen molar-refractivity contribution in [3.63, 3.8) is 0 Å². The third kappa shape index (κ3) is 4.67. The van der Waals surface area contributed by atoms with Crippen molar-refractivity contribution in [1.82, 2.24) is 24.6 Å². The smallest absolute Gasteiger partial charge is 0.233 e. The molecule has 35 heavy (non-hydrogen) atoms. The summed E-state index contributed by atoms with van der Waals surface area (Å²) in [7, 11) is 1.70. The van der Waals surface area contributed by atoms with E-state index >= 15 is 0 Å². The standard InChI is InChI=1S/C27H31N5O2S/c1-17-5-6-18(2)25(13-17)32-19(3)29-30-27(32)35-16-26(33)31-11-9-20(10-12-31)23-15-28-24-8-7-21(34-4)14-22(23)24/h5-8,13-15,20,28H,9-12,16H2,1-4H3. The van der Waals surface area contributed by atoms with Crippen LogP contribution in [-0.4, -0.2) is 56.5 Å².